The third-order valence-electron chi connectivity index (χ3n) is 1.50. The van der Waals surface area contributed by atoms with E-state index in [1.807, 2.05) is 0 Å². The van der Waals surface area contributed by atoms with Gasteiger partial charge in [0.25, 0.3) is 6.47 Å². The molecule has 1 fully saturated rings. The lowest BCUT2D eigenvalue weighted by molar-refractivity contribution is -0.122. The summed E-state index contributed by atoms with van der Waals surface area (Å²) in [5.41, 5.74) is 5.84. The van der Waals surface area contributed by atoms with Gasteiger partial charge in [-0.3, -0.25) is 4.79 Å². The number of carbonyl (C=O) groups is 1. The number of nitrogens with two attached hydrogens (primary N) is 1. The van der Waals surface area contributed by atoms with Crippen molar-refractivity contribution in [3.05, 3.63) is 0 Å². The van der Waals surface area contributed by atoms with Crippen LogP contribution in [-0.2, 0) is 4.79 Å². The van der Waals surface area contributed by atoms with Crippen molar-refractivity contribution in [1.29, 1.82) is 0 Å². The molecule has 4 heteroatoms. The second-order valence-electron chi connectivity index (χ2n) is 2.61. The van der Waals surface area contributed by atoms with E-state index in [4.69, 9.17) is 15.6 Å². The average Bonchev–Trinajstić information content (AvgIpc) is 1.65. The van der Waals surface area contributed by atoms with Gasteiger partial charge in [-0.1, -0.05) is 0 Å². The molecule has 0 amide bonds. The molecule has 0 saturated heterocycles. The van der Waals surface area contributed by atoms with Crippen LogP contribution in [0.2, 0.25) is 0 Å². The molecule has 1 aliphatic rings. The van der Waals surface area contributed by atoms with Crippen LogP contribution in [0.25, 0.3) is 0 Å². The van der Waals surface area contributed by atoms with Gasteiger partial charge in [0.1, 0.15) is 0 Å². The Bertz CT molecular complexity index is 89.7. The topological polar surface area (TPSA) is 63.3 Å². The first-order valence-electron chi connectivity index (χ1n) is 2.99. The van der Waals surface area contributed by atoms with E-state index >= 15 is 0 Å². The number of rotatable bonds is 0. The molecule has 62 valence electrons. The van der Waals surface area contributed by atoms with Crippen molar-refractivity contribution in [2.45, 2.75) is 31.7 Å². The van der Waals surface area contributed by atoms with E-state index in [-0.39, 0.29) is 24.4 Å². The van der Waals surface area contributed by atoms with E-state index in [0.717, 1.165) is 0 Å². The van der Waals surface area contributed by atoms with E-state index < -0.39 is 0 Å². The van der Waals surface area contributed by atoms with Gasteiger partial charge in [-0.05, 0) is 26.2 Å². The van der Waals surface area contributed by atoms with E-state index in [1.54, 1.807) is 0 Å². The summed E-state index contributed by atoms with van der Waals surface area (Å²) in [4.78, 5) is 8.36. The van der Waals surface area contributed by atoms with Gasteiger partial charge in [0.2, 0.25) is 0 Å². The smallest absolute Gasteiger partial charge is 0.290 e. The van der Waals surface area contributed by atoms with Crippen LogP contribution in [0.5, 0.6) is 0 Å². The lowest BCUT2D eigenvalue weighted by Crippen LogP contribution is -2.42. The first-order chi connectivity index (χ1) is 4.12. The fourth-order valence-corrected chi connectivity index (χ4v) is 0.734. The monoisotopic (exact) mass is 167 g/mol. The Kier molecular flexibility index (Phi) is 6.82. The standard InChI is InChI=1S/C5H11N.CH2O2.ClH/c1-5(6)3-2-4-5;2-1-3;/h2-4,6H2,1H3;1H,(H,2,3);1H. The Morgan fingerprint density at radius 3 is 1.80 bits per heavy atom. The molecule has 0 aromatic heterocycles. The highest BCUT2D eigenvalue weighted by molar-refractivity contribution is 5.85. The molecule has 0 aromatic carbocycles. The highest BCUT2D eigenvalue weighted by atomic mass is 35.5. The zero-order valence-corrected chi connectivity index (χ0v) is 6.86. The number of hydrogen-bond donors (Lipinski definition) is 2. The highest BCUT2D eigenvalue weighted by Crippen LogP contribution is 2.27. The Hall–Kier alpha value is -0.280. The van der Waals surface area contributed by atoms with Crippen molar-refractivity contribution in [2.24, 2.45) is 5.73 Å². The van der Waals surface area contributed by atoms with Gasteiger partial charge < -0.3 is 10.8 Å². The minimum atomic E-state index is -0.250. The van der Waals surface area contributed by atoms with Crippen molar-refractivity contribution in [2.75, 3.05) is 0 Å². The summed E-state index contributed by atoms with van der Waals surface area (Å²) < 4.78 is 0. The predicted molar refractivity (Wildman–Crippen MR) is 42.4 cm³/mol. The van der Waals surface area contributed by atoms with Gasteiger partial charge in [0.05, 0.1) is 0 Å². The molecule has 0 aromatic rings. The first-order valence-corrected chi connectivity index (χ1v) is 2.99. The van der Waals surface area contributed by atoms with Crippen molar-refractivity contribution >= 4 is 18.9 Å². The zero-order valence-electron chi connectivity index (χ0n) is 6.04. The third kappa shape index (κ3) is 5.85. The van der Waals surface area contributed by atoms with Gasteiger partial charge >= 0.3 is 0 Å². The van der Waals surface area contributed by atoms with Gasteiger partial charge in [0, 0.05) is 5.54 Å². The first kappa shape index (κ1) is 12.4. The molecule has 0 heterocycles. The Balaban J connectivity index is 0. The van der Waals surface area contributed by atoms with Crippen LogP contribution in [0.1, 0.15) is 26.2 Å². The van der Waals surface area contributed by atoms with Crippen LogP contribution < -0.4 is 5.73 Å². The number of hydrogen-bond acceptors (Lipinski definition) is 2. The van der Waals surface area contributed by atoms with Crippen molar-refractivity contribution < 1.29 is 9.90 Å². The van der Waals surface area contributed by atoms with Crippen molar-refractivity contribution in [3.63, 3.8) is 0 Å². The number of carboxylic acid groups (broad SMARTS) is 1. The molecule has 10 heavy (non-hydrogen) atoms. The third-order valence-corrected chi connectivity index (χ3v) is 1.50. The summed E-state index contributed by atoms with van der Waals surface area (Å²) in [5, 5.41) is 6.89. The van der Waals surface area contributed by atoms with Crippen molar-refractivity contribution in [3.8, 4) is 0 Å². The van der Waals surface area contributed by atoms with Crippen LogP contribution in [0.3, 0.4) is 0 Å². The number of halogens is 1. The second kappa shape index (κ2) is 5.50. The molecule has 1 aliphatic carbocycles. The second-order valence-corrected chi connectivity index (χ2v) is 2.61. The maximum atomic E-state index is 8.36. The largest absolute Gasteiger partial charge is 0.483 e. The van der Waals surface area contributed by atoms with Crippen LogP contribution >= 0.6 is 12.4 Å². The maximum Gasteiger partial charge on any atom is 0.290 e. The quantitative estimate of drug-likeness (QED) is 0.530. The molecule has 3 N–H and O–H groups in total. The minimum absolute atomic E-state index is 0. The molecule has 0 unspecified atom stereocenters. The SMILES string of the molecule is CC1(N)CCC1.Cl.O=CO. The van der Waals surface area contributed by atoms with E-state index in [1.165, 1.54) is 19.3 Å². The van der Waals surface area contributed by atoms with Gasteiger partial charge in [-0.2, -0.15) is 0 Å². The summed E-state index contributed by atoms with van der Waals surface area (Å²) >= 11 is 0. The molecule has 0 radical (unpaired) electrons. The minimum Gasteiger partial charge on any atom is -0.483 e. The Labute approximate surface area is 67.0 Å². The van der Waals surface area contributed by atoms with Gasteiger partial charge in [-0.25, -0.2) is 0 Å². The summed E-state index contributed by atoms with van der Waals surface area (Å²) in [6, 6.07) is 0. The molecule has 3 nitrogen and oxygen atoms in total. The van der Waals surface area contributed by atoms with Crippen LogP contribution in [0.15, 0.2) is 0 Å². The maximum absolute atomic E-state index is 8.36. The summed E-state index contributed by atoms with van der Waals surface area (Å²) in [6.45, 7) is 1.86. The Morgan fingerprint density at radius 2 is 1.80 bits per heavy atom. The summed E-state index contributed by atoms with van der Waals surface area (Å²) in [7, 11) is 0. The zero-order chi connectivity index (χ0) is 7.33. The molecule has 0 bridgehead atoms. The summed E-state index contributed by atoms with van der Waals surface area (Å²) in [5.74, 6) is 0. The van der Waals surface area contributed by atoms with Crippen molar-refractivity contribution in [1.82, 2.24) is 0 Å². The van der Waals surface area contributed by atoms with Crippen LogP contribution in [-0.4, -0.2) is 17.1 Å². The van der Waals surface area contributed by atoms with E-state index in [2.05, 4.69) is 6.92 Å². The fraction of sp³-hybridized carbons (Fsp3) is 0.833. The van der Waals surface area contributed by atoms with Gasteiger partial charge in [-0.15, -0.1) is 12.4 Å². The molecule has 0 atom stereocenters. The molecule has 1 saturated carbocycles. The van der Waals surface area contributed by atoms with Gasteiger partial charge in [0.15, 0.2) is 0 Å². The fourth-order valence-electron chi connectivity index (χ4n) is 0.734. The van der Waals surface area contributed by atoms with Crippen LogP contribution in [0.4, 0.5) is 0 Å². The lowest BCUT2D eigenvalue weighted by Gasteiger charge is -2.33. The van der Waals surface area contributed by atoms with E-state index in [9.17, 15) is 0 Å². The Morgan fingerprint density at radius 1 is 1.60 bits per heavy atom. The molecule has 1 rings (SSSR count). The van der Waals surface area contributed by atoms with E-state index in [0.29, 0.717) is 0 Å². The predicted octanol–water partition coefficient (Wildman–Crippen LogP) is 1.01. The molecular formula is C6H14ClNO2. The molecule has 0 spiro atoms. The lowest BCUT2D eigenvalue weighted by atomic mass is 9.80. The normalized spacial score (nSPS) is 18.6. The molecule has 0 aliphatic heterocycles. The summed E-state index contributed by atoms with van der Waals surface area (Å²) in [6.07, 6.45) is 3.80. The molecular weight excluding hydrogens is 154 g/mol. The van der Waals surface area contributed by atoms with Crippen LogP contribution in [0, 0.1) is 0 Å². The highest BCUT2D eigenvalue weighted by Gasteiger charge is 2.25. The average molecular weight is 168 g/mol.